The molecular weight excluding hydrogens is 154 g/mol. The zero-order chi connectivity index (χ0) is 8.81. The van der Waals surface area contributed by atoms with Crippen LogP contribution in [0, 0.1) is 0 Å². The van der Waals surface area contributed by atoms with Crippen molar-refractivity contribution < 1.29 is 9.53 Å². The lowest BCUT2D eigenvalue weighted by Gasteiger charge is -2.12. The maximum atomic E-state index is 11.2. The molecule has 0 aromatic carbocycles. The van der Waals surface area contributed by atoms with Gasteiger partial charge in [-0.2, -0.15) is 0 Å². The average Bonchev–Trinajstić information content (AvgIpc) is 2.32. The summed E-state index contributed by atoms with van der Waals surface area (Å²) in [6.45, 7) is 3.14. The lowest BCUT2D eigenvalue weighted by Crippen LogP contribution is -2.37. The Morgan fingerprint density at radius 3 is 3.25 bits per heavy atom. The standard InChI is InChI=1S/C9H15NO2/c1-2-12-9(11)8-6-4-3-5-7-10-8/h3-4,8,10H,2,5-7H2,1H3. The smallest absolute Gasteiger partial charge is 0.323 e. The van der Waals surface area contributed by atoms with E-state index >= 15 is 0 Å². The summed E-state index contributed by atoms with van der Waals surface area (Å²) in [6.07, 6.45) is 5.86. The molecule has 0 aromatic heterocycles. The highest BCUT2D eigenvalue weighted by Crippen LogP contribution is 2.02. The number of hydrogen-bond donors (Lipinski definition) is 1. The highest BCUT2D eigenvalue weighted by molar-refractivity contribution is 5.76. The topological polar surface area (TPSA) is 38.3 Å². The third-order valence-corrected chi connectivity index (χ3v) is 1.81. The first-order valence-electron chi connectivity index (χ1n) is 4.39. The van der Waals surface area contributed by atoms with E-state index in [1.165, 1.54) is 0 Å². The molecule has 0 aromatic rings. The first-order chi connectivity index (χ1) is 5.84. The van der Waals surface area contributed by atoms with E-state index in [4.69, 9.17) is 4.74 Å². The van der Waals surface area contributed by atoms with Gasteiger partial charge in [0, 0.05) is 0 Å². The molecule has 3 nitrogen and oxygen atoms in total. The average molecular weight is 169 g/mol. The second-order valence-electron chi connectivity index (χ2n) is 2.75. The van der Waals surface area contributed by atoms with Crippen LogP contribution < -0.4 is 5.32 Å². The Bertz CT molecular complexity index is 177. The summed E-state index contributed by atoms with van der Waals surface area (Å²) >= 11 is 0. The highest BCUT2D eigenvalue weighted by atomic mass is 16.5. The molecular formula is C9H15NO2. The van der Waals surface area contributed by atoms with E-state index in [-0.39, 0.29) is 12.0 Å². The minimum atomic E-state index is -0.135. The molecule has 1 N–H and O–H groups in total. The largest absolute Gasteiger partial charge is 0.465 e. The molecule has 0 bridgehead atoms. The summed E-state index contributed by atoms with van der Waals surface area (Å²) in [5.74, 6) is -0.135. The second-order valence-corrected chi connectivity index (χ2v) is 2.75. The van der Waals surface area contributed by atoms with Crippen molar-refractivity contribution in [3.63, 3.8) is 0 Å². The minimum absolute atomic E-state index is 0.135. The van der Waals surface area contributed by atoms with E-state index in [1.807, 2.05) is 13.0 Å². The molecule has 0 amide bonds. The van der Waals surface area contributed by atoms with E-state index in [0.717, 1.165) is 19.4 Å². The van der Waals surface area contributed by atoms with Crippen molar-refractivity contribution in [3.05, 3.63) is 12.2 Å². The fourth-order valence-electron chi connectivity index (χ4n) is 1.20. The maximum absolute atomic E-state index is 11.2. The number of esters is 1. The molecule has 1 rings (SSSR count). The number of carbonyl (C=O) groups excluding carboxylic acids is 1. The molecule has 1 heterocycles. The molecule has 0 saturated carbocycles. The fourth-order valence-corrected chi connectivity index (χ4v) is 1.20. The molecule has 68 valence electrons. The normalized spacial score (nSPS) is 23.2. The van der Waals surface area contributed by atoms with Crippen molar-refractivity contribution in [2.45, 2.75) is 25.8 Å². The van der Waals surface area contributed by atoms with E-state index in [9.17, 15) is 4.79 Å². The van der Waals surface area contributed by atoms with Crippen molar-refractivity contribution in [2.24, 2.45) is 0 Å². The van der Waals surface area contributed by atoms with E-state index in [2.05, 4.69) is 11.4 Å². The third-order valence-electron chi connectivity index (χ3n) is 1.81. The van der Waals surface area contributed by atoms with Crippen LogP contribution in [0.5, 0.6) is 0 Å². The molecule has 0 spiro atoms. The minimum Gasteiger partial charge on any atom is -0.465 e. The van der Waals surface area contributed by atoms with Gasteiger partial charge in [-0.25, -0.2) is 0 Å². The van der Waals surface area contributed by atoms with E-state index < -0.39 is 0 Å². The van der Waals surface area contributed by atoms with Gasteiger partial charge in [-0.1, -0.05) is 12.2 Å². The molecule has 1 aliphatic heterocycles. The molecule has 3 heteroatoms. The number of carbonyl (C=O) groups is 1. The van der Waals surface area contributed by atoms with Crippen LogP contribution in [0.3, 0.4) is 0 Å². The quantitative estimate of drug-likeness (QED) is 0.492. The van der Waals surface area contributed by atoms with Crippen LogP contribution >= 0.6 is 0 Å². The predicted octanol–water partition coefficient (Wildman–Crippen LogP) is 0.858. The first-order valence-corrected chi connectivity index (χ1v) is 4.39. The van der Waals surface area contributed by atoms with Crippen LogP contribution in [0.4, 0.5) is 0 Å². The number of nitrogens with one attached hydrogen (secondary N) is 1. The fraction of sp³-hybridized carbons (Fsp3) is 0.667. The van der Waals surface area contributed by atoms with Gasteiger partial charge < -0.3 is 10.1 Å². The van der Waals surface area contributed by atoms with Crippen molar-refractivity contribution in [3.8, 4) is 0 Å². The number of rotatable bonds is 2. The van der Waals surface area contributed by atoms with Gasteiger partial charge in [0.05, 0.1) is 6.61 Å². The summed E-state index contributed by atoms with van der Waals surface area (Å²) in [7, 11) is 0. The lowest BCUT2D eigenvalue weighted by atomic mass is 10.2. The van der Waals surface area contributed by atoms with Gasteiger partial charge in [0.1, 0.15) is 6.04 Å². The van der Waals surface area contributed by atoms with Crippen molar-refractivity contribution in [2.75, 3.05) is 13.2 Å². The van der Waals surface area contributed by atoms with Crippen molar-refractivity contribution in [1.82, 2.24) is 5.32 Å². The number of ether oxygens (including phenoxy) is 1. The molecule has 1 unspecified atom stereocenters. The Kier molecular flexibility index (Phi) is 3.80. The Labute approximate surface area is 72.8 Å². The Morgan fingerprint density at radius 1 is 1.67 bits per heavy atom. The van der Waals surface area contributed by atoms with Gasteiger partial charge in [-0.15, -0.1) is 0 Å². The molecule has 0 aliphatic carbocycles. The zero-order valence-electron chi connectivity index (χ0n) is 7.38. The Hall–Kier alpha value is -0.830. The van der Waals surface area contributed by atoms with Gasteiger partial charge >= 0.3 is 5.97 Å². The van der Waals surface area contributed by atoms with Crippen molar-refractivity contribution in [1.29, 1.82) is 0 Å². The summed E-state index contributed by atoms with van der Waals surface area (Å²) in [5, 5.41) is 3.13. The van der Waals surface area contributed by atoms with Crippen LogP contribution in [0.15, 0.2) is 12.2 Å². The summed E-state index contributed by atoms with van der Waals surface area (Å²) in [6, 6.07) is -0.135. The van der Waals surface area contributed by atoms with Crippen LogP contribution in [0.1, 0.15) is 19.8 Å². The predicted molar refractivity (Wildman–Crippen MR) is 46.8 cm³/mol. The van der Waals surface area contributed by atoms with Crippen LogP contribution in [0.25, 0.3) is 0 Å². The summed E-state index contributed by atoms with van der Waals surface area (Å²) in [4.78, 5) is 11.2. The van der Waals surface area contributed by atoms with Gasteiger partial charge in [-0.05, 0) is 26.3 Å². The second kappa shape index (κ2) is 4.93. The first kappa shape index (κ1) is 9.26. The number of hydrogen-bond acceptors (Lipinski definition) is 3. The highest BCUT2D eigenvalue weighted by Gasteiger charge is 2.17. The van der Waals surface area contributed by atoms with Gasteiger partial charge in [-0.3, -0.25) is 4.79 Å². The molecule has 12 heavy (non-hydrogen) atoms. The van der Waals surface area contributed by atoms with E-state index in [1.54, 1.807) is 0 Å². The molecule has 1 aliphatic rings. The van der Waals surface area contributed by atoms with Crippen LogP contribution in [0.2, 0.25) is 0 Å². The molecule has 0 fully saturated rings. The van der Waals surface area contributed by atoms with E-state index in [0.29, 0.717) is 6.61 Å². The summed E-state index contributed by atoms with van der Waals surface area (Å²) < 4.78 is 4.90. The Balaban J connectivity index is 2.38. The Morgan fingerprint density at radius 2 is 2.50 bits per heavy atom. The molecule has 0 saturated heterocycles. The monoisotopic (exact) mass is 169 g/mol. The third kappa shape index (κ3) is 2.66. The summed E-state index contributed by atoms with van der Waals surface area (Å²) in [5.41, 5.74) is 0. The van der Waals surface area contributed by atoms with Gasteiger partial charge in [0.2, 0.25) is 0 Å². The van der Waals surface area contributed by atoms with Gasteiger partial charge in [0.25, 0.3) is 0 Å². The molecule has 1 atom stereocenters. The SMILES string of the molecule is CCOC(=O)C1CC=CCCN1. The zero-order valence-corrected chi connectivity index (χ0v) is 7.38. The van der Waals surface area contributed by atoms with Crippen molar-refractivity contribution >= 4 is 5.97 Å². The molecule has 0 radical (unpaired) electrons. The van der Waals surface area contributed by atoms with Gasteiger partial charge in [0.15, 0.2) is 0 Å². The maximum Gasteiger partial charge on any atom is 0.323 e. The lowest BCUT2D eigenvalue weighted by molar-refractivity contribution is -0.145. The van der Waals surface area contributed by atoms with Crippen LogP contribution in [-0.4, -0.2) is 25.2 Å². The van der Waals surface area contributed by atoms with Crippen LogP contribution in [-0.2, 0) is 9.53 Å².